The molecule has 0 aliphatic heterocycles. The smallest absolute Gasteiger partial charge is 0.234 e. The molecule has 2 unspecified atom stereocenters. The molecule has 0 spiro atoms. The molecule has 1 N–H and O–H groups in total. The highest BCUT2D eigenvalue weighted by atomic mass is 32.2. The maximum atomic E-state index is 12.4. The normalized spacial score (nSPS) is 18.9. The van der Waals surface area contributed by atoms with Crippen LogP contribution in [0.2, 0.25) is 0 Å². The molecule has 0 aromatic carbocycles. The molecule has 0 aromatic heterocycles. The van der Waals surface area contributed by atoms with E-state index in [2.05, 4.69) is 23.5 Å². The molecule has 0 heterocycles. The zero-order chi connectivity index (χ0) is 29.4. The van der Waals surface area contributed by atoms with Gasteiger partial charge in [-0.2, -0.15) is 23.5 Å². The van der Waals surface area contributed by atoms with E-state index in [1.54, 1.807) is 38.0 Å². The van der Waals surface area contributed by atoms with E-state index in [4.69, 9.17) is 14.6 Å². The van der Waals surface area contributed by atoms with Gasteiger partial charge >= 0.3 is 0 Å². The number of unbranched alkanes of at least 4 members (excludes halogenated alkanes) is 4. The molecular weight excluding hydrogens is 544 g/mol. The SMILES string of the molecule is CN(C)C(=O)C(CCCCCCCSC1CCCCCC(SCCOCCOCCO)CCCC1)C(=O)N(C)C. The van der Waals surface area contributed by atoms with E-state index in [-0.39, 0.29) is 18.4 Å². The summed E-state index contributed by atoms with van der Waals surface area (Å²) >= 11 is 4.30. The van der Waals surface area contributed by atoms with Gasteiger partial charge in [-0.05, 0) is 44.3 Å². The van der Waals surface area contributed by atoms with Crippen molar-refractivity contribution in [2.75, 3.05) is 72.7 Å². The first-order valence-corrected chi connectivity index (χ1v) is 17.9. The number of carbonyl (C=O) groups is 2. The quantitative estimate of drug-likeness (QED) is 0.137. The van der Waals surface area contributed by atoms with Crippen LogP contribution in [0.4, 0.5) is 0 Å². The standard InChI is InChI=1S/C31H60N2O5S2/c1-32(2)30(35)29(31(36)33(3)4)19-11-6-5-7-14-25-39-27-15-9-8-10-16-28(18-13-12-17-27)40-26-24-38-23-22-37-21-20-34/h27-29,34H,5-26H2,1-4H3. The van der Waals surface area contributed by atoms with E-state index in [0.717, 1.165) is 35.7 Å². The Bertz CT molecular complexity index is 619. The summed E-state index contributed by atoms with van der Waals surface area (Å²) < 4.78 is 10.9. The lowest BCUT2D eigenvalue weighted by Crippen LogP contribution is -2.40. The minimum absolute atomic E-state index is 0.0735. The Morgan fingerprint density at radius 2 is 1.15 bits per heavy atom. The van der Waals surface area contributed by atoms with Crippen LogP contribution in [-0.2, 0) is 19.1 Å². The molecule has 0 bridgehead atoms. The molecular formula is C31H60N2O5S2. The predicted molar refractivity (Wildman–Crippen MR) is 171 cm³/mol. The van der Waals surface area contributed by atoms with E-state index >= 15 is 0 Å². The summed E-state index contributed by atoms with van der Waals surface area (Å²) in [6, 6.07) is 0. The minimum Gasteiger partial charge on any atom is -0.394 e. The fourth-order valence-corrected chi connectivity index (χ4v) is 7.74. The average molecular weight is 605 g/mol. The number of aliphatic hydroxyl groups is 1. The van der Waals surface area contributed by atoms with E-state index in [0.29, 0.717) is 26.2 Å². The monoisotopic (exact) mass is 604 g/mol. The van der Waals surface area contributed by atoms with E-state index < -0.39 is 5.92 Å². The highest BCUT2D eigenvalue weighted by molar-refractivity contribution is 8.00. The lowest BCUT2D eigenvalue weighted by Gasteiger charge is -2.22. The second-order valence-corrected chi connectivity index (χ2v) is 14.2. The number of aliphatic hydroxyl groups excluding tert-OH is 1. The number of ether oxygens (including phenoxy) is 2. The van der Waals surface area contributed by atoms with Gasteiger partial charge in [0.15, 0.2) is 0 Å². The first kappa shape index (κ1) is 37.5. The third-order valence-electron chi connectivity index (χ3n) is 7.51. The van der Waals surface area contributed by atoms with E-state index in [1.807, 2.05) is 0 Å². The van der Waals surface area contributed by atoms with Crippen LogP contribution in [-0.4, -0.2) is 110 Å². The Morgan fingerprint density at radius 1 is 0.675 bits per heavy atom. The van der Waals surface area contributed by atoms with Crippen molar-refractivity contribution in [1.82, 2.24) is 9.80 Å². The van der Waals surface area contributed by atoms with Gasteiger partial charge in [0, 0.05) is 44.4 Å². The fourth-order valence-electron chi connectivity index (χ4n) is 5.15. The fraction of sp³-hybridized carbons (Fsp3) is 0.935. The van der Waals surface area contributed by atoms with Gasteiger partial charge in [0.2, 0.25) is 11.8 Å². The van der Waals surface area contributed by atoms with Crippen molar-refractivity contribution in [3.05, 3.63) is 0 Å². The van der Waals surface area contributed by atoms with Gasteiger partial charge < -0.3 is 24.4 Å². The Morgan fingerprint density at radius 3 is 1.70 bits per heavy atom. The van der Waals surface area contributed by atoms with Gasteiger partial charge in [0.25, 0.3) is 0 Å². The number of nitrogens with zero attached hydrogens (tertiary/aromatic N) is 2. The molecule has 2 amide bonds. The van der Waals surface area contributed by atoms with Crippen LogP contribution in [0.15, 0.2) is 0 Å². The Hall–Kier alpha value is -0.480. The van der Waals surface area contributed by atoms with Gasteiger partial charge in [0.05, 0.1) is 33.0 Å². The summed E-state index contributed by atoms with van der Waals surface area (Å²) in [5.74, 6) is 1.64. The molecule has 236 valence electrons. The second kappa shape index (κ2) is 25.1. The van der Waals surface area contributed by atoms with Crippen LogP contribution in [0.25, 0.3) is 0 Å². The number of hydrogen-bond acceptors (Lipinski definition) is 7. The molecule has 1 aliphatic carbocycles. The van der Waals surface area contributed by atoms with Gasteiger partial charge in [-0.15, -0.1) is 0 Å². The van der Waals surface area contributed by atoms with Crippen molar-refractivity contribution in [2.45, 2.75) is 107 Å². The molecule has 1 fully saturated rings. The predicted octanol–water partition coefficient (Wildman–Crippen LogP) is 5.87. The Labute approximate surface area is 254 Å². The van der Waals surface area contributed by atoms with Crippen LogP contribution in [0, 0.1) is 5.92 Å². The van der Waals surface area contributed by atoms with Crippen molar-refractivity contribution >= 4 is 35.3 Å². The number of carbonyl (C=O) groups excluding carboxylic acids is 2. The minimum atomic E-state index is -0.533. The van der Waals surface area contributed by atoms with Crippen LogP contribution in [0.1, 0.15) is 96.3 Å². The zero-order valence-electron chi connectivity index (χ0n) is 26.1. The van der Waals surface area contributed by atoms with Crippen molar-refractivity contribution < 1.29 is 24.2 Å². The van der Waals surface area contributed by atoms with Crippen molar-refractivity contribution in [3.63, 3.8) is 0 Å². The molecule has 2 atom stereocenters. The number of amides is 2. The van der Waals surface area contributed by atoms with Crippen LogP contribution < -0.4 is 0 Å². The third-order valence-corrected chi connectivity index (χ3v) is 10.3. The number of thioether (sulfide) groups is 2. The van der Waals surface area contributed by atoms with Gasteiger partial charge in [-0.3, -0.25) is 9.59 Å². The number of rotatable bonds is 20. The summed E-state index contributed by atoms with van der Waals surface area (Å²) in [7, 11) is 6.92. The third kappa shape index (κ3) is 18.9. The first-order chi connectivity index (χ1) is 19.4. The van der Waals surface area contributed by atoms with E-state index in [9.17, 15) is 9.59 Å². The molecule has 0 radical (unpaired) electrons. The summed E-state index contributed by atoms with van der Waals surface area (Å²) in [6.07, 6.45) is 18.6. The Balaban J connectivity index is 2.16. The largest absolute Gasteiger partial charge is 0.394 e. The van der Waals surface area contributed by atoms with Crippen LogP contribution >= 0.6 is 23.5 Å². The molecule has 1 aliphatic rings. The molecule has 0 saturated heterocycles. The molecule has 1 saturated carbocycles. The highest BCUT2D eigenvalue weighted by Gasteiger charge is 2.28. The molecule has 40 heavy (non-hydrogen) atoms. The van der Waals surface area contributed by atoms with Crippen molar-refractivity contribution in [3.8, 4) is 0 Å². The van der Waals surface area contributed by atoms with Crippen molar-refractivity contribution in [2.24, 2.45) is 5.92 Å². The van der Waals surface area contributed by atoms with Crippen LogP contribution in [0.3, 0.4) is 0 Å². The van der Waals surface area contributed by atoms with E-state index in [1.165, 1.54) is 82.8 Å². The topological polar surface area (TPSA) is 79.3 Å². The van der Waals surface area contributed by atoms with Gasteiger partial charge in [0.1, 0.15) is 5.92 Å². The molecule has 9 heteroatoms. The summed E-state index contributed by atoms with van der Waals surface area (Å²) in [5.41, 5.74) is 0. The second-order valence-electron chi connectivity index (χ2n) is 11.4. The maximum absolute atomic E-state index is 12.4. The van der Waals surface area contributed by atoms with Crippen LogP contribution in [0.5, 0.6) is 0 Å². The molecule has 0 aromatic rings. The van der Waals surface area contributed by atoms with Gasteiger partial charge in [-0.25, -0.2) is 0 Å². The lowest BCUT2D eigenvalue weighted by atomic mass is 9.98. The number of hydrogen-bond donors (Lipinski definition) is 1. The van der Waals surface area contributed by atoms with Crippen molar-refractivity contribution in [1.29, 1.82) is 0 Å². The summed E-state index contributed by atoms with van der Waals surface area (Å²) in [5, 5.41) is 10.3. The average Bonchev–Trinajstić information content (AvgIpc) is 2.98. The zero-order valence-corrected chi connectivity index (χ0v) is 27.7. The summed E-state index contributed by atoms with van der Waals surface area (Å²) in [4.78, 5) is 27.9. The highest BCUT2D eigenvalue weighted by Crippen LogP contribution is 2.30. The Kier molecular flexibility index (Phi) is 23.5. The first-order valence-electron chi connectivity index (χ1n) is 15.8. The van der Waals surface area contributed by atoms with Gasteiger partial charge in [-0.1, -0.05) is 57.8 Å². The maximum Gasteiger partial charge on any atom is 0.234 e. The summed E-state index contributed by atoms with van der Waals surface area (Å²) in [6.45, 7) is 2.43. The molecule has 7 nitrogen and oxygen atoms in total. The molecule has 1 rings (SSSR count). The lowest BCUT2D eigenvalue weighted by molar-refractivity contribution is -0.144.